The number of hydrogen-bond donors (Lipinski definition) is 1. The van der Waals surface area contributed by atoms with Gasteiger partial charge < -0.3 is 28.8 Å². The highest BCUT2D eigenvalue weighted by atomic mass is 16.5. The topological polar surface area (TPSA) is 76.4 Å². The summed E-state index contributed by atoms with van der Waals surface area (Å²) in [5.41, 5.74) is 5.66. The Morgan fingerprint density at radius 1 is 1.02 bits per heavy atom. The number of aliphatic hydroxyl groups is 1. The van der Waals surface area contributed by atoms with Gasteiger partial charge in [-0.2, -0.15) is 0 Å². The summed E-state index contributed by atoms with van der Waals surface area (Å²) in [4.78, 5) is 18.6. The van der Waals surface area contributed by atoms with Gasteiger partial charge >= 0.3 is 0 Å². The first-order chi connectivity index (χ1) is 21.4. The second-order valence-electron chi connectivity index (χ2n) is 12.3. The average Bonchev–Trinajstić information content (AvgIpc) is 3.16. The van der Waals surface area contributed by atoms with Gasteiger partial charge in [0.2, 0.25) is 0 Å². The van der Waals surface area contributed by atoms with E-state index in [1.807, 2.05) is 59.8 Å². The minimum atomic E-state index is -0.359. The van der Waals surface area contributed by atoms with Gasteiger partial charge in [0.1, 0.15) is 5.69 Å². The van der Waals surface area contributed by atoms with Crippen molar-refractivity contribution in [2.24, 2.45) is 13.0 Å². The number of fused-ring (bicyclic) bond motifs is 6. The number of amides is 1. The Balaban J connectivity index is 1.36. The van der Waals surface area contributed by atoms with Gasteiger partial charge in [-0.1, -0.05) is 61.5 Å². The highest BCUT2D eigenvalue weighted by Gasteiger charge is 2.33. The average molecular weight is 598 g/mol. The van der Waals surface area contributed by atoms with Crippen molar-refractivity contribution in [1.82, 2.24) is 14.4 Å². The van der Waals surface area contributed by atoms with Crippen molar-refractivity contribution in [1.29, 1.82) is 0 Å². The quantitative estimate of drug-likeness (QED) is 0.317. The first-order valence-corrected chi connectivity index (χ1v) is 15.6. The Morgan fingerprint density at radius 3 is 2.64 bits per heavy atom. The van der Waals surface area contributed by atoms with Gasteiger partial charge in [-0.25, -0.2) is 0 Å². The lowest BCUT2D eigenvalue weighted by molar-refractivity contribution is -0.0242. The van der Waals surface area contributed by atoms with Gasteiger partial charge in [0.25, 0.3) is 5.91 Å². The molecule has 4 aromatic rings. The lowest BCUT2D eigenvalue weighted by Gasteiger charge is -2.35. The molecule has 1 aromatic heterocycles. The first-order valence-electron chi connectivity index (χ1n) is 15.6. The Labute approximate surface area is 259 Å². The lowest BCUT2D eigenvalue weighted by Crippen LogP contribution is -2.47. The minimum absolute atomic E-state index is 0.00808. The van der Waals surface area contributed by atoms with Crippen LogP contribution in [0.4, 0.5) is 0 Å². The van der Waals surface area contributed by atoms with Crippen molar-refractivity contribution in [2.45, 2.75) is 45.6 Å². The zero-order valence-corrected chi connectivity index (χ0v) is 26.2. The van der Waals surface area contributed by atoms with E-state index in [2.05, 4.69) is 49.2 Å². The summed E-state index contributed by atoms with van der Waals surface area (Å²) in [5.74, 6) is 1.52. The Morgan fingerprint density at radius 2 is 1.80 bits per heavy atom. The molecule has 232 valence electrons. The second kappa shape index (κ2) is 13.0. The highest BCUT2D eigenvalue weighted by molar-refractivity contribution is 6.10. The number of aromatic nitrogens is 1. The maximum Gasteiger partial charge on any atom is 0.271 e. The standard InChI is InChI=1S/C36H43N3O5/c1-24-19-39(25(2)22-40)36(41)34-33(29-14-7-8-15-30(29)38(34)4)28-13-6-5-11-27(28)23-44-32(24)21-37(3)20-26-12-9-16-31-35(26)43-18-10-17-42-31/h5-9,11-16,24-25,32,40H,10,17-23H2,1-4H3/t24-,25-,32+/m0/s1. The Hall–Kier alpha value is -3.85. The summed E-state index contributed by atoms with van der Waals surface area (Å²) in [6.45, 7) is 7.41. The molecular weight excluding hydrogens is 554 g/mol. The van der Waals surface area contributed by atoms with E-state index in [4.69, 9.17) is 14.2 Å². The smallest absolute Gasteiger partial charge is 0.271 e. The van der Waals surface area contributed by atoms with E-state index in [1.165, 1.54) is 0 Å². The van der Waals surface area contributed by atoms with Crippen LogP contribution < -0.4 is 9.47 Å². The second-order valence-corrected chi connectivity index (χ2v) is 12.3. The maximum absolute atomic E-state index is 14.6. The third kappa shape index (κ3) is 5.82. The molecule has 0 unspecified atom stereocenters. The van der Waals surface area contributed by atoms with Crippen molar-refractivity contribution in [3.05, 3.63) is 83.6 Å². The van der Waals surface area contributed by atoms with Crippen LogP contribution in [0.25, 0.3) is 22.0 Å². The molecule has 3 heterocycles. The third-order valence-electron chi connectivity index (χ3n) is 9.01. The number of rotatable bonds is 6. The monoisotopic (exact) mass is 597 g/mol. The third-order valence-corrected chi connectivity index (χ3v) is 9.01. The van der Waals surface area contributed by atoms with Crippen LogP contribution in [0.5, 0.6) is 11.5 Å². The molecule has 44 heavy (non-hydrogen) atoms. The number of carbonyl (C=O) groups excluding carboxylic acids is 1. The van der Waals surface area contributed by atoms with Gasteiger partial charge in [-0.3, -0.25) is 9.69 Å². The fourth-order valence-electron chi connectivity index (χ4n) is 6.57. The molecule has 3 atom stereocenters. The number of carbonyl (C=O) groups is 1. The van der Waals surface area contributed by atoms with Gasteiger partial charge in [0, 0.05) is 61.1 Å². The Bertz CT molecular complexity index is 1630. The van der Waals surface area contributed by atoms with Crippen LogP contribution in [0.3, 0.4) is 0 Å². The number of aryl methyl sites for hydroxylation is 1. The largest absolute Gasteiger partial charge is 0.490 e. The fraction of sp³-hybridized carbons (Fsp3) is 0.417. The van der Waals surface area contributed by atoms with Crippen molar-refractivity contribution >= 4 is 16.8 Å². The molecule has 8 nitrogen and oxygen atoms in total. The fourth-order valence-corrected chi connectivity index (χ4v) is 6.57. The Kier molecular flexibility index (Phi) is 8.93. The molecule has 8 heteroatoms. The summed E-state index contributed by atoms with van der Waals surface area (Å²) in [6, 6.07) is 22.1. The zero-order chi connectivity index (χ0) is 30.8. The molecule has 1 N–H and O–H groups in total. The van der Waals surface area contributed by atoms with Crippen LogP contribution in [-0.2, 0) is 24.9 Å². The predicted octanol–water partition coefficient (Wildman–Crippen LogP) is 5.50. The van der Waals surface area contributed by atoms with Gasteiger partial charge in [-0.15, -0.1) is 0 Å². The number of likely N-dealkylation sites (N-methyl/N-ethyl adjacent to an activating group) is 1. The molecule has 2 aliphatic heterocycles. The molecule has 0 saturated heterocycles. The molecule has 3 aromatic carbocycles. The van der Waals surface area contributed by atoms with Crippen LogP contribution >= 0.6 is 0 Å². The van der Waals surface area contributed by atoms with E-state index in [-0.39, 0.29) is 30.6 Å². The van der Waals surface area contributed by atoms with E-state index in [9.17, 15) is 9.90 Å². The highest BCUT2D eigenvalue weighted by Crippen LogP contribution is 2.39. The maximum atomic E-state index is 14.6. The minimum Gasteiger partial charge on any atom is -0.490 e. The number of hydrogen-bond acceptors (Lipinski definition) is 6. The molecule has 6 rings (SSSR count). The van der Waals surface area contributed by atoms with Gasteiger partial charge in [0.05, 0.1) is 38.6 Å². The van der Waals surface area contributed by atoms with Gasteiger partial charge in [-0.05, 0) is 37.2 Å². The number of aliphatic hydroxyl groups excluding tert-OH is 1. The van der Waals surface area contributed by atoms with Crippen LogP contribution in [0, 0.1) is 5.92 Å². The predicted molar refractivity (Wildman–Crippen MR) is 172 cm³/mol. The van der Waals surface area contributed by atoms with E-state index in [0.29, 0.717) is 45.1 Å². The summed E-state index contributed by atoms with van der Waals surface area (Å²) in [6.07, 6.45) is 0.687. The number of benzene rings is 3. The van der Waals surface area contributed by atoms with Crippen LogP contribution in [0.2, 0.25) is 0 Å². The van der Waals surface area contributed by atoms with Crippen molar-refractivity contribution in [3.63, 3.8) is 0 Å². The van der Waals surface area contributed by atoms with E-state index in [1.54, 1.807) is 0 Å². The molecule has 0 radical (unpaired) electrons. The molecular formula is C36H43N3O5. The summed E-state index contributed by atoms with van der Waals surface area (Å²) in [5, 5.41) is 11.3. The molecule has 2 aliphatic rings. The van der Waals surface area contributed by atoms with Crippen LogP contribution in [-0.4, -0.2) is 77.5 Å². The molecule has 0 saturated carbocycles. The van der Waals surface area contributed by atoms with Crippen molar-refractivity contribution < 1.29 is 24.1 Å². The summed E-state index contributed by atoms with van der Waals surface area (Å²) in [7, 11) is 4.05. The van der Waals surface area contributed by atoms with E-state index < -0.39 is 0 Å². The van der Waals surface area contributed by atoms with Gasteiger partial charge in [0.15, 0.2) is 11.5 Å². The molecule has 1 amide bonds. The van der Waals surface area contributed by atoms with Crippen molar-refractivity contribution in [2.75, 3.05) is 40.0 Å². The first kappa shape index (κ1) is 30.2. The van der Waals surface area contributed by atoms with E-state index in [0.717, 1.165) is 51.1 Å². The molecule has 0 fully saturated rings. The van der Waals surface area contributed by atoms with Crippen LogP contribution in [0.1, 0.15) is 41.9 Å². The summed E-state index contributed by atoms with van der Waals surface area (Å²) < 4.78 is 20.8. The summed E-state index contributed by atoms with van der Waals surface area (Å²) >= 11 is 0. The SMILES string of the molecule is C[C@H]1CN([C@@H](C)CO)C(=O)c2c(c3ccccc3n2C)-c2ccccc2CO[C@@H]1CN(C)Cc1cccc2c1OCCCO2. The zero-order valence-electron chi connectivity index (χ0n) is 26.2. The van der Waals surface area contributed by atoms with Crippen molar-refractivity contribution in [3.8, 4) is 22.6 Å². The number of nitrogens with zero attached hydrogens (tertiary/aromatic N) is 3. The van der Waals surface area contributed by atoms with Crippen LogP contribution in [0.15, 0.2) is 66.7 Å². The molecule has 0 bridgehead atoms. The lowest BCUT2D eigenvalue weighted by atomic mass is 9.96. The van der Waals surface area contributed by atoms with E-state index >= 15 is 0 Å². The molecule has 0 spiro atoms. The number of ether oxygens (including phenoxy) is 3. The normalized spacial score (nSPS) is 19.7. The molecule has 0 aliphatic carbocycles. The number of para-hydroxylation sites is 2.